The lowest BCUT2D eigenvalue weighted by atomic mass is 9.96. The van der Waals surface area contributed by atoms with Crippen LogP contribution in [0.1, 0.15) is 91.0 Å². The molecule has 2 aliphatic heterocycles. The number of carbonyl (C=O) groups is 11. The number of hydrogen-bond acceptors (Lipinski definition) is 13. The zero-order chi connectivity index (χ0) is 51.5. The number of likely N-dealkylation sites (N-methyl/N-ethyl adjacent to an activating group) is 1. The first-order valence-corrected chi connectivity index (χ1v) is 24.2. The van der Waals surface area contributed by atoms with Gasteiger partial charge >= 0.3 is 0 Å². The maximum atomic E-state index is 14.5. The number of rotatable bonds is 17. The largest absolute Gasteiger partial charge is 0.508 e. The number of phenols is 1. The summed E-state index contributed by atoms with van der Waals surface area (Å²) >= 11 is 1.18. The Morgan fingerprint density at radius 3 is 2.10 bits per heavy atom. The van der Waals surface area contributed by atoms with Crippen molar-refractivity contribution < 1.29 is 57.8 Å². The van der Waals surface area contributed by atoms with Crippen LogP contribution in [0.15, 0.2) is 24.3 Å². The van der Waals surface area contributed by atoms with Crippen LogP contribution < -0.4 is 49.1 Å². The molecule has 0 radical (unpaired) electrons. The van der Waals surface area contributed by atoms with Crippen LogP contribution in [0.3, 0.4) is 0 Å². The van der Waals surface area contributed by atoms with Crippen LogP contribution >= 0.6 is 11.8 Å². The van der Waals surface area contributed by atoms with Crippen LogP contribution in [0.5, 0.6) is 5.75 Å². The van der Waals surface area contributed by atoms with Crippen LogP contribution in [0.2, 0.25) is 0 Å². The Morgan fingerprint density at radius 2 is 1.49 bits per heavy atom. The van der Waals surface area contributed by atoms with Gasteiger partial charge in [0.15, 0.2) is 0 Å². The number of thioether (sulfide) groups is 1. The van der Waals surface area contributed by atoms with Gasteiger partial charge in [-0.2, -0.15) is 11.8 Å². The Bertz CT molecular complexity index is 2040. The lowest BCUT2D eigenvalue weighted by molar-refractivity contribution is -0.142. The van der Waals surface area contributed by atoms with Crippen molar-refractivity contribution in [2.75, 3.05) is 31.6 Å². The molecule has 8 atom stereocenters. The van der Waals surface area contributed by atoms with E-state index in [1.54, 1.807) is 26.0 Å². The van der Waals surface area contributed by atoms with Gasteiger partial charge < -0.3 is 64.0 Å². The molecule has 1 aromatic carbocycles. The quantitative estimate of drug-likeness (QED) is 0.0776. The van der Waals surface area contributed by atoms with Crippen LogP contribution in [-0.2, 0) is 59.2 Å². The third-order valence-electron chi connectivity index (χ3n) is 11.9. The average Bonchev–Trinajstić information content (AvgIpc) is 3.79. The minimum atomic E-state index is -1.72. The van der Waals surface area contributed by atoms with Gasteiger partial charge in [-0.15, -0.1) is 0 Å². The molecule has 11 amide bonds. The van der Waals surface area contributed by atoms with Gasteiger partial charge in [0.2, 0.25) is 65.0 Å². The number of benzene rings is 1. The van der Waals surface area contributed by atoms with Crippen molar-refractivity contribution in [2.45, 2.75) is 134 Å². The molecule has 13 N–H and O–H groups in total. The first-order valence-electron chi connectivity index (χ1n) is 23.1. The molecule has 0 aliphatic carbocycles. The second-order valence-corrected chi connectivity index (χ2v) is 19.0. The van der Waals surface area contributed by atoms with Gasteiger partial charge in [0.05, 0.1) is 13.0 Å². The normalized spacial score (nSPS) is 23.4. The van der Waals surface area contributed by atoms with E-state index < -0.39 is 133 Å². The molecule has 23 nitrogen and oxygen atoms in total. The summed E-state index contributed by atoms with van der Waals surface area (Å²) in [5.41, 5.74) is 16.7. The van der Waals surface area contributed by atoms with Crippen LogP contribution in [0, 0.1) is 11.8 Å². The molecule has 1 unspecified atom stereocenters. The van der Waals surface area contributed by atoms with Gasteiger partial charge in [0.25, 0.3) is 0 Å². The molecule has 24 heteroatoms. The fourth-order valence-electron chi connectivity index (χ4n) is 7.81. The Labute approximate surface area is 405 Å². The highest BCUT2D eigenvalue weighted by molar-refractivity contribution is 7.99. The first kappa shape index (κ1) is 56.9. The number of primary amides is 3. The predicted octanol–water partition coefficient (Wildman–Crippen LogP) is -2.46. The smallest absolute Gasteiger partial charge is 0.246 e. The van der Waals surface area contributed by atoms with Crippen molar-refractivity contribution >= 4 is 76.7 Å². The van der Waals surface area contributed by atoms with E-state index in [1.807, 2.05) is 13.8 Å². The summed E-state index contributed by atoms with van der Waals surface area (Å²) in [6.07, 6.45) is -0.264. The SMILES string of the molecule is CC[C@H](C)C1NC(=O)[C@H](Cc2ccc(O)cc2)N(C)C(=O)CCCSC[C@@H](C(=O)N2CCC[C@H]2C(=O)N[C@@H](CC(C)C)C(=O)NCC(N)=O)NC(=O)[C@H](CC(N)=O)NC(=O)[C@H](CCC(N)=O)NC1=O. The number of phenolic OH excluding ortho intramolecular Hbond substituents is 1. The van der Waals surface area contributed by atoms with E-state index >= 15 is 0 Å². The summed E-state index contributed by atoms with van der Waals surface area (Å²) < 4.78 is 0. The van der Waals surface area contributed by atoms with Gasteiger partial charge in [0, 0.05) is 38.6 Å². The van der Waals surface area contributed by atoms with E-state index in [-0.39, 0.29) is 68.2 Å². The van der Waals surface area contributed by atoms with Gasteiger partial charge in [-0.25, -0.2) is 0 Å². The van der Waals surface area contributed by atoms with Crippen molar-refractivity contribution in [1.29, 1.82) is 0 Å². The maximum Gasteiger partial charge on any atom is 0.246 e. The number of hydrogen-bond donors (Lipinski definition) is 10. The highest BCUT2D eigenvalue weighted by Gasteiger charge is 2.41. The predicted molar refractivity (Wildman–Crippen MR) is 253 cm³/mol. The second-order valence-electron chi connectivity index (χ2n) is 17.9. The number of nitrogens with two attached hydrogens (primary N) is 3. The first-order chi connectivity index (χ1) is 32.5. The molecule has 0 bridgehead atoms. The van der Waals surface area contributed by atoms with Crippen molar-refractivity contribution in [3.63, 3.8) is 0 Å². The van der Waals surface area contributed by atoms with Crippen LogP contribution in [0.25, 0.3) is 0 Å². The Hall–Kier alpha value is -6.46. The van der Waals surface area contributed by atoms with Gasteiger partial charge in [-0.1, -0.05) is 46.2 Å². The molecule has 0 spiro atoms. The standard InChI is InChI=1S/C45H69N11O12S/c1-6-25(4)38-44(67)50-28(15-16-34(46)58)40(63)51-30(21-35(47)59)41(64)53-31(23-69-18-8-10-37(61)55(5)33(43(66)54-38)20-26-11-13-27(57)14-12-26)45(68)56-17-7-9-32(56)42(65)52-29(19-24(2)3)39(62)49-22-36(48)60/h11-14,24-25,28-33,38,57H,6-10,15-23H2,1-5H3,(H2,46,58)(H2,47,59)(H2,48,60)(H,49,62)(H,50,67)(H,51,63)(H,52,65)(H,53,64)(H,54,66)/t25-,28-,29-,30-,31-,32-,33-,38?/m0/s1. The average molecular weight is 988 g/mol. The monoisotopic (exact) mass is 987 g/mol. The van der Waals surface area contributed by atoms with Crippen molar-refractivity contribution in [2.24, 2.45) is 29.0 Å². The molecule has 2 aliphatic rings. The van der Waals surface area contributed by atoms with E-state index in [1.165, 1.54) is 40.7 Å². The summed E-state index contributed by atoms with van der Waals surface area (Å²) in [7, 11) is 1.45. The zero-order valence-corrected chi connectivity index (χ0v) is 40.7. The number of nitrogens with zero attached hydrogens (tertiary/aromatic N) is 2. The van der Waals surface area contributed by atoms with Crippen molar-refractivity contribution in [3.05, 3.63) is 29.8 Å². The summed E-state index contributed by atoms with van der Waals surface area (Å²) in [5, 5.41) is 25.3. The van der Waals surface area contributed by atoms with Gasteiger partial charge in [0.1, 0.15) is 48.0 Å². The number of likely N-dealkylation sites (tertiary alicyclic amines) is 1. The fourth-order valence-corrected chi connectivity index (χ4v) is 8.78. The molecular formula is C45H69N11O12S. The molecule has 2 saturated heterocycles. The summed E-state index contributed by atoms with van der Waals surface area (Å²) in [6, 6.07) is -3.25. The molecule has 1 aromatic rings. The molecule has 2 heterocycles. The molecule has 0 saturated carbocycles. The van der Waals surface area contributed by atoms with E-state index in [9.17, 15) is 57.8 Å². The lowest BCUT2D eigenvalue weighted by Gasteiger charge is -2.32. The fraction of sp³-hybridized carbons (Fsp3) is 0.622. The Kier molecular flexibility index (Phi) is 22.7. The van der Waals surface area contributed by atoms with Crippen LogP contribution in [0.4, 0.5) is 0 Å². The van der Waals surface area contributed by atoms with Gasteiger partial charge in [-0.05, 0) is 67.4 Å². The minimum absolute atomic E-state index is 0.0112. The second kappa shape index (κ2) is 27.5. The van der Waals surface area contributed by atoms with E-state index in [4.69, 9.17) is 17.2 Å². The molecular weight excluding hydrogens is 919 g/mol. The molecule has 0 aromatic heterocycles. The Balaban J connectivity index is 2.05. The minimum Gasteiger partial charge on any atom is -0.508 e. The third-order valence-corrected chi connectivity index (χ3v) is 13.0. The maximum absolute atomic E-state index is 14.5. The number of carbonyl (C=O) groups excluding carboxylic acids is 11. The van der Waals surface area contributed by atoms with E-state index in [0.29, 0.717) is 18.4 Å². The number of nitrogens with one attached hydrogen (secondary N) is 6. The Morgan fingerprint density at radius 1 is 0.841 bits per heavy atom. The third kappa shape index (κ3) is 18.2. The zero-order valence-electron chi connectivity index (χ0n) is 39.9. The van der Waals surface area contributed by atoms with E-state index in [0.717, 1.165) is 0 Å². The molecule has 3 rings (SSSR count). The summed E-state index contributed by atoms with van der Waals surface area (Å²) in [6.45, 7) is 6.72. The van der Waals surface area contributed by atoms with E-state index in [2.05, 4.69) is 31.9 Å². The highest BCUT2D eigenvalue weighted by atomic mass is 32.2. The number of amides is 11. The van der Waals surface area contributed by atoms with Crippen molar-refractivity contribution in [3.8, 4) is 5.75 Å². The lowest BCUT2D eigenvalue weighted by Crippen LogP contribution is -2.61. The summed E-state index contributed by atoms with van der Waals surface area (Å²) in [5.74, 6) is -9.21. The molecule has 2 fully saturated rings. The topological polar surface area (TPSA) is 365 Å². The van der Waals surface area contributed by atoms with Gasteiger partial charge in [-0.3, -0.25) is 52.7 Å². The highest BCUT2D eigenvalue weighted by Crippen LogP contribution is 2.22. The molecule has 69 heavy (non-hydrogen) atoms. The van der Waals surface area contributed by atoms with Crippen LogP contribution in [-0.4, -0.2) is 154 Å². The summed E-state index contributed by atoms with van der Waals surface area (Å²) in [4.78, 5) is 150. The molecule has 382 valence electrons. The van der Waals surface area contributed by atoms with Crippen molar-refractivity contribution in [1.82, 2.24) is 41.7 Å². The number of aromatic hydroxyl groups is 1.